The van der Waals surface area contributed by atoms with Gasteiger partial charge in [0.1, 0.15) is 5.52 Å². The number of rotatable bonds is 6. The Morgan fingerprint density at radius 2 is 2.10 bits per heavy atom. The molecule has 2 aromatic rings. The quantitative estimate of drug-likeness (QED) is 0.646. The highest BCUT2D eigenvalue weighted by Crippen LogP contribution is 2.40. The normalized spacial score (nSPS) is 19.6. The summed E-state index contributed by atoms with van der Waals surface area (Å²) in [7, 11) is 0. The van der Waals surface area contributed by atoms with Crippen LogP contribution in [-0.4, -0.2) is 62.3 Å². The van der Waals surface area contributed by atoms with Crippen molar-refractivity contribution >= 4 is 22.8 Å². The molecule has 31 heavy (non-hydrogen) atoms. The Balaban J connectivity index is 1.43. The van der Waals surface area contributed by atoms with Crippen molar-refractivity contribution in [1.29, 1.82) is 0 Å². The molecule has 10 heteroatoms. The predicted molar refractivity (Wildman–Crippen MR) is 109 cm³/mol. The van der Waals surface area contributed by atoms with Gasteiger partial charge in [0.15, 0.2) is 11.2 Å². The molecule has 1 aliphatic carbocycles. The molecule has 168 valence electrons. The zero-order valence-electron chi connectivity index (χ0n) is 17.3. The van der Waals surface area contributed by atoms with Crippen molar-refractivity contribution in [1.82, 2.24) is 25.2 Å². The third-order valence-electron chi connectivity index (χ3n) is 5.99. The average molecular weight is 437 g/mol. The molecule has 3 N–H and O–H groups in total. The lowest BCUT2D eigenvalue weighted by molar-refractivity contribution is -0.272. The van der Waals surface area contributed by atoms with E-state index in [1.165, 1.54) is 4.90 Å². The molecule has 0 aromatic carbocycles. The van der Waals surface area contributed by atoms with Gasteiger partial charge in [0.05, 0.1) is 18.4 Å². The van der Waals surface area contributed by atoms with E-state index in [1.807, 2.05) is 13.0 Å². The molecule has 1 saturated heterocycles. The fourth-order valence-electron chi connectivity index (χ4n) is 3.86. The van der Waals surface area contributed by atoms with E-state index in [-0.39, 0.29) is 25.5 Å². The first-order valence-corrected chi connectivity index (χ1v) is 10.6. The number of piperidine rings is 1. The molecular weight excluding hydrogens is 411 g/mol. The fraction of sp³-hybridized carbons (Fsp3) is 0.571. The van der Waals surface area contributed by atoms with Crippen molar-refractivity contribution in [3.8, 4) is 0 Å². The third-order valence-corrected chi connectivity index (χ3v) is 5.99. The third kappa shape index (κ3) is 4.39. The summed E-state index contributed by atoms with van der Waals surface area (Å²) >= 11 is 0. The topological polar surface area (TPSA) is 94.1 Å². The van der Waals surface area contributed by atoms with E-state index in [4.69, 9.17) is 4.98 Å². The number of alkyl halides is 3. The molecule has 7 nitrogen and oxygen atoms in total. The maximum absolute atomic E-state index is 13.0. The van der Waals surface area contributed by atoms with Gasteiger partial charge in [-0.05, 0) is 19.3 Å². The van der Waals surface area contributed by atoms with Crippen LogP contribution in [0.5, 0.6) is 0 Å². The van der Waals surface area contributed by atoms with Crippen molar-refractivity contribution in [2.45, 2.75) is 56.7 Å². The lowest BCUT2D eigenvalue weighted by Crippen LogP contribution is -2.55. The van der Waals surface area contributed by atoms with Crippen LogP contribution in [-0.2, 0) is 4.79 Å². The van der Waals surface area contributed by atoms with Crippen LogP contribution < -0.4 is 5.32 Å². The number of aromatic amines is 1. The molecule has 0 atom stereocenters. The Morgan fingerprint density at radius 1 is 1.39 bits per heavy atom. The molecule has 1 aliphatic heterocycles. The van der Waals surface area contributed by atoms with Crippen LogP contribution in [0.2, 0.25) is 0 Å². The van der Waals surface area contributed by atoms with Gasteiger partial charge in [-0.3, -0.25) is 4.79 Å². The van der Waals surface area contributed by atoms with E-state index in [2.05, 4.69) is 15.3 Å². The number of likely N-dealkylation sites (tertiary alicyclic amines) is 1. The highest BCUT2D eigenvalue weighted by atomic mass is 19.4. The number of amides is 1. The van der Waals surface area contributed by atoms with Crippen molar-refractivity contribution in [2.75, 3.05) is 19.6 Å². The van der Waals surface area contributed by atoms with Gasteiger partial charge in [-0.1, -0.05) is 13.0 Å². The van der Waals surface area contributed by atoms with Gasteiger partial charge < -0.3 is 20.3 Å². The molecule has 1 amide bonds. The smallest absolute Gasteiger partial charge is 0.380 e. The van der Waals surface area contributed by atoms with Crippen LogP contribution in [0.1, 0.15) is 56.2 Å². The highest BCUT2D eigenvalue weighted by Gasteiger charge is 2.54. The summed E-state index contributed by atoms with van der Waals surface area (Å²) in [6, 6.07) is 0. The summed E-state index contributed by atoms with van der Waals surface area (Å²) in [5.41, 5.74) is 1.19. The predicted octanol–water partition coefficient (Wildman–Crippen LogP) is 3.09. The molecular formula is C21H26F3N5O2. The molecule has 2 aliphatic rings. The second kappa shape index (κ2) is 8.14. The van der Waals surface area contributed by atoms with Crippen LogP contribution in [0.15, 0.2) is 18.5 Å². The number of nitrogens with zero attached hydrogens (tertiary/aromatic N) is 3. The number of hydrogen-bond donors (Lipinski definition) is 3. The number of carbonyl (C=O) groups is 1. The summed E-state index contributed by atoms with van der Waals surface area (Å²) < 4.78 is 38.9. The number of aliphatic hydroxyl groups is 1. The molecule has 3 heterocycles. The number of carbonyl (C=O) groups excluding carboxylic acids is 1. The molecule has 4 rings (SSSR count). The van der Waals surface area contributed by atoms with E-state index >= 15 is 0 Å². The fourth-order valence-corrected chi connectivity index (χ4v) is 3.86. The molecule has 0 spiro atoms. The molecule has 0 unspecified atom stereocenters. The van der Waals surface area contributed by atoms with Crippen molar-refractivity contribution in [3.63, 3.8) is 0 Å². The maximum atomic E-state index is 13.0. The molecule has 0 bridgehead atoms. The number of hydrogen-bond acceptors (Lipinski definition) is 5. The molecule has 1 saturated carbocycles. The zero-order valence-corrected chi connectivity index (χ0v) is 17.3. The Hall–Kier alpha value is -2.62. The van der Waals surface area contributed by atoms with E-state index < -0.39 is 24.6 Å². The van der Waals surface area contributed by atoms with Crippen LogP contribution in [0.4, 0.5) is 13.2 Å². The molecule has 2 aromatic heterocycles. The van der Waals surface area contributed by atoms with E-state index in [9.17, 15) is 23.1 Å². The first-order chi connectivity index (χ1) is 14.7. The van der Waals surface area contributed by atoms with Gasteiger partial charge in [-0.25, -0.2) is 9.97 Å². The van der Waals surface area contributed by atoms with Crippen LogP contribution in [0.3, 0.4) is 0 Å². The Kier molecular flexibility index (Phi) is 5.67. The largest absolute Gasteiger partial charge is 0.417 e. The Morgan fingerprint density at radius 3 is 2.71 bits per heavy atom. The second-order valence-corrected chi connectivity index (χ2v) is 8.26. The first kappa shape index (κ1) is 21.6. The van der Waals surface area contributed by atoms with Gasteiger partial charge >= 0.3 is 6.18 Å². The Labute approximate surface area is 177 Å². The minimum absolute atomic E-state index is 0.0568. The summed E-state index contributed by atoms with van der Waals surface area (Å²) in [6.45, 7) is 1.65. The van der Waals surface area contributed by atoms with E-state index in [0.717, 1.165) is 41.7 Å². The average Bonchev–Trinajstić information content (AvgIpc) is 3.50. The van der Waals surface area contributed by atoms with Gasteiger partial charge in [0, 0.05) is 49.3 Å². The standard InChI is InChI=1S/C21H26F3N5O2/c1-2-3-15(14-10-26-19-18(14)28-16(11-27-19)13-4-5-13)25-12-17(30)29-8-6-20(31,7-9-29)21(22,23)24/h3,10-11,13,25,31H,2,4-9,12H2,1H3,(H,26,27)/b15-3+. The Bertz CT molecular complexity index is 989. The van der Waals surface area contributed by atoms with Gasteiger partial charge in [-0.2, -0.15) is 13.2 Å². The highest BCUT2D eigenvalue weighted by molar-refractivity contribution is 5.88. The van der Waals surface area contributed by atoms with Crippen molar-refractivity contribution < 1.29 is 23.1 Å². The van der Waals surface area contributed by atoms with Gasteiger partial charge in [0.2, 0.25) is 5.91 Å². The minimum Gasteiger partial charge on any atom is -0.380 e. The lowest BCUT2D eigenvalue weighted by Gasteiger charge is -2.39. The number of fused-ring (bicyclic) bond motifs is 1. The van der Waals surface area contributed by atoms with Gasteiger partial charge in [-0.15, -0.1) is 0 Å². The number of H-pyrrole nitrogens is 1. The van der Waals surface area contributed by atoms with Crippen molar-refractivity contribution in [2.24, 2.45) is 0 Å². The maximum Gasteiger partial charge on any atom is 0.417 e. The number of nitrogens with one attached hydrogen (secondary N) is 2. The van der Waals surface area contributed by atoms with Crippen LogP contribution >= 0.6 is 0 Å². The van der Waals surface area contributed by atoms with E-state index in [1.54, 1.807) is 12.4 Å². The summed E-state index contributed by atoms with van der Waals surface area (Å²) in [4.78, 5) is 26.2. The number of halogens is 3. The van der Waals surface area contributed by atoms with E-state index in [0.29, 0.717) is 11.6 Å². The van der Waals surface area contributed by atoms with Crippen LogP contribution in [0, 0.1) is 0 Å². The van der Waals surface area contributed by atoms with Crippen LogP contribution in [0.25, 0.3) is 16.9 Å². The second-order valence-electron chi connectivity index (χ2n) is 8.26. The summed E-state index contributed by atoms with van der Waals surface area (Å²) in [6.07, 6.45) is 2.77. The minimum atomic E-state index is -4.69. The lowest BCUT2D eigenvalue weighted by atomic mass is 9.91. The molecule has 0 radical (unpaired) electrons. The molecule has 2 fully saturated rings. The monoisotopic (exact) mass is 437 g/mol. The zero-order chi connectivity index (χ0) is 22.2. The number of aromatic nitrogens is 3. The first-order valence-electron chi connectivity index (χ1n) is 10.6. The SMILES string of the molecule is CC/C=C(/NCC(=O)N1CCC(O)(C(F)(F)F)CC1)c1c[nH]c2ncc(C3CC3)nc12. The van der Waals surface area contributed by atoms with Gasteiger partial charge in [0.25, 0.3) is 0 Å². The summed E-state index contributed by atoms with van der Waals surface area (Å²) in [5, 5.41) is 12.9. The summed E-state index contributed by atoms with van der Waals surface area (Å²) in [5.74, 6) is 0.151. The van der Waals surface area contributed by atoms with Crippen molar-refractivity contribution in [3.05, 3.63) is 29.7 Å². The number of allylic oxidation sites excluding steroid dienone is 1.